The van der Waals surface area contributed by atoms with Gasteiger partial charge < -0.3 is 5.32 Å². The van der Waals surface area contributed by atoms with Crippen LogP contribution in [0.3, 0.4) is 0 Å². The van der Waals surface area contributed by atoms with E-state index in [4.69, 9.17) is 10.1 Å². The Hall–Kier alpha value is -0.900. The number of aromatic nitrogens is 3. The monoisotopic (exact) mass is 274 g/mol. The number of hydrogen-bond donors (Lipinski definition) is 1. The zero-order valence-corrected chi connectivity index (χ0v) is 12.7. The molecule has 4 heteroatoms. The number of aryl methyl sites for hydroxylation is 1. The van der Waals surface area contributed by atoms with Gasteiger partial charge in [-0.3, -0.25) is 0 Å². The molecule has 1 aromatic heterocycles. The van der Waals surface area contributed by atoms with Crippen LogP contribution in [0.1, 0.15) is 50.2 Å². The van der Waals surface area contributed by atoms with E-state index in [2.05, 4.69) is 16.9 Å². The Kier molecular flexibility index (Phi) is 2.92. The highest BCUT2D eigenvalue weighted by Gasteiger charge is 2.52. The number of likely N-dealkylation sites (N-methyl/N-ethyl adjacent to an activating group) is 1. The van der Waals surface area contributed by atoms with Gasteiger partial charge in [-0.15, -0.1) is 0 Å². The summed E-state index contributed by atoms with van der Waals surface area (Å²) in [6, 6.07) is 0. The van der Waals surface area contributed by atoms with Crippen LogP contribution < -0.4 is 5.32 Å². The predicted molar refractivity (Wildman–Crippen MR) is 78.5 cm³/mol. The largest absolute Gasteiger partial charge is 0.319 e. The van der Waals surface area contributed by atoms with Crippen molar-refractivity contribution in [2.45, 2.75) is 57.4 Å². The molecule has 4 aliphatic carbocycles. The predicted octanol–water partition coefficient (Wildman–Crippen LogP) is 2.27. The quantitative estimate of drug-likeness (QED) is 0.916. The average molecular weight is 274 g/mol. The van der Waals surface area contributed by atoms with Gasteiger partial charge >= 0.3 is 0 Å². The lowest BCUT2D eigenvalue weighted by Gasteiger charge is -2.56. The van der Waals surface area contributed by atoms with E-state index >= 15 is 0 Å². The fraction of sp³-hybridized carbons (Fsp3) is 0.875. The zero-order chi connectivity index (χ0) is 13.7. The Morgan fingerprint density at radius 3 is 2.30 bits per heavy atom. The highest BCUT2D eigenvalue weighted by molar-refractivity contribution is 5.08. The Morgan fingerprint density at radius 1 is 1.15 bits per heavy atom. The second-order valence-corrected chi connectivity index (χ2v) is 7.48. The summed E-state index contributed by atoms with van der Waals surface area (Å²) in [6.07, 6.45) is 9.47. The van der Waals surface area contributed by atoms with Gasteiger partial charge in [0, 0.05) is 13.0 Å². The molecule has 4 fully saturated rings. The summed E-state index contributed by atoms with van der Waals surface area (Å²) in [6.45, 7) is 3.11. The van der Waals surface area contributed by atoms with Gasteiger partial charge in [0.05, 0.1) is 5.54 Å². The van der Waals surface area contributed by atoms with Crippen LogP contribution in [0.4, 0.5) is 0 Å². The molecule has 0 saturated heterocycles. The highest BCUT2D eigenvalue weighted by atomic mass is 15.4. The van der Waals surface area contributed by atoms with Gasteiger partial charge in [0.1, 0.15) is 5.82 Å². The SMILES string of the molecule is CNCCc1nc(C)n(C23CC4CC(CC(C4)C2)C3)n1. The fourth-order valence-corrected chi connectivity index (χ4v) is 5.56. The maximum atomic E-state index is 4.90. The van der Waals surface area contributed by atoms with E-state index in [0.29, 0.717) is 5.54 Å². The van der Waals surface area contributed by atoms with Crippen LogP contribution in [0.2, 0.25) is 0 Å². The van der Waals surface area contributed by atoms with Crippen molar-refractivity contribution in [3.05, 3.63) is 11.6 Å². The van der Waals surface area contributed by atoms with E-state index in [1.54, 1.807) is 0 Å². The molecule has 0 unspecified atom stereocenters. The molecule has 4 aliphatic rings. The van der Waals surface area contributed by atoms with Gasteiger partial charge in [-0.05, 0) is 70.3 Å². The number of hydrogen-bond acceptors (Lipinski definition) is 3. The van der Waals surface area contributed by atoms with E-state index in [-0.39, 0.29) is 0 Å². The highest BCUT2D eigenvalue weighted by Crippen LogP contribution is 2.58. The summed E-state index contributed by atoms with van der Waals surface area (Å²) in [5, 5.41) is 8.09. The first-order valence-electron chi connectivity index (χ1n) is 8.26. The van der Waals surface area contributed by atoms with Crippen molar-refractivity contribution in [2.24, 2.45) is 17.8 Å². The van der Waals surface area contributed by atoms with Gasteiger partial charge in [-0.25, -0.2) is 9.67 Å². The van der Waals surface area contributed by atoms with E-state index in [9.17, 15) is 0 Å². The Bertz CT molecular complexity index is 469. The summed E-state index contributed by atoms with van der Waals surface area (Å²) >= 11 is 0. The van der Waals surface area contributed by atoms with Gasteiger partial charge in [-0.2, -0.15) is 5.10 Å². The van der Waals surface area contributed by atoms with E-state index < -0.39 is 0 Å². The summed E-state index contributed by atoms with van der Waals surface area (Å²) in [5.74, 6) is 5.05. The Morgan fingerprint density at radius 2 is 1.75 bits per heavy atom. The maximum absolute atomic E-state index is 4.90. The lowest BCUT2D eigenvalue weighted by molar-refractivity contribution is -0.0507. The van der Waals surface area contributed by atoms with Crippen molar-refractivity contribution >= 4 is 0 Å². The Labute approximate surface area is 121 Å². The lowest BCUT2D eigenvalue weighted by atomic mass is 9.53. The average Bonchev–Trinajstić information content (AvgIpc) is 2.77. The summed E-state index contributed by atoms with van der Waals surface area (Å²) in [7, 11) is 1.99. The number of nitrogens with zero attached hydrogens (tertiary/aromatic N) is 3. The normalized spacial score (nSPS) is 38.6. The van der Waals surface area contributed by atoms with Gasteiger partial charge in [-0.1, -0.05) is 0 Å². The van der Waals surface area contributed by atoms with Crippen LogP contribution in [-0.4, -0.2) is 28.4 Å². The smallest absolute Gasteiger partial charge is 0.152 e. The van der Waals surface area contributed by atoms with Crippen LogP contribution in [0, 0.1) is 24.7 Å². The minimum absolute atomic E-state index is 0.323. The molecule has 1 N–H and O–H groups in total. The van der Waals surface area contributed by atoms with Crippen LogP contribution >= 0.6 is 0 Å². The van der Waals surface area contributed by atoms with Crippen LogP contribution in [-0.2, 0) is 12.0 Å². The molecule has 1 aromatic rings. The molecule has 0 aromatic carbocycles. The zero-order valence-electron chi connectivity index (χ0n) is 12.7. The molecule has 0 aliphatic heterocycles. The second-order valence-electron chi connectivity index (χ2n) is 7.48. The van der Waals surface area contributed by atoms with Gasteiger partial charge in [0.15, 0.2) is 5.82 Å². The number of rotatable bonds is 4. The standard InChI is InChI=1S/C16H26N4/c1-11-18-15(3-4-17-2)19-20(11)16-8-12-5-13(9-16)7-14(6-12)10-16/h12-14,17H,3-10H2,1-2H3. The van der Waals surface area contributed by atoms with Crippen molar-refractivity contribution in [1.29, 1.82) is 0 Å². The van der Waals surface area contributed by atoms with Crippen molar-refractivity contribution in [3.8, 4) is 0 Å². The van der Waals surface area contributed by atoms with E-state index in [1.807, 2.05) is 7.05 Å². The van der Waals surface area contributed by atoms with Crippen molar-refractivity contribution in [3.63, 3.8) is 0 Å². The molecule has 4 nitrogen and oxygen atoms in total. The molecular weight excluding hydrogens is 248 g/mol. The molecule has 4 saturated carbocycles. The first-order valence-corrected chi connectivity index (χ1v) is 8.26. The molecule has 1 heterocycles. The molecule has 110 valence electrons. The van der Waals surface area contributed by atoms with Crippen molar-refractivity contribution < 1.29 is 0 Å². The maximum Gasteiger partial charge on any atom is 0.152 e. The van der Waals surface area contributed by atoms with Crippen LogP contribution in [0.25, 0.3) is 0 Å². The first kappa shape index (κ1) is 12.8. The minimum Gasteiger partial charge on any atom is -0.319 e. The van der Waals surface area contributed by atoms with E-state index in [0.717, 1.165) is 42.4 Å². The van der Waals surface area contributed by atoms with Gasteiger partial charge in [0.2, 0.25) is 0 Å². The Balaban J connectivity index is 1.65. The molecular formula is C16H26N4. The molecule has 0 spiro atoms. The molecule has 0 radical (unpaired) electrons. The third kappa shape index (κ3) is 1.92. The van der Waals surface area contributed by atoms with Gasteiger partial charge in [0.25, 0.3) is 0 Å². The molecule has 4 bridgehead atoms. The number of nitrogens with one attached hydrogen (secondary N) is 1. The van der Waals surface area contributed by atoms with Crippen LogP contribution in [0.5, 0.6) is 0 Å². The summed E-state index contributed by atoms with van der Waals surface area (Å²) < 4.78 is 2.34. The van der Waals surface area contributed by atoms with E-state index in [1.165, 1.54) is 38.5 Å². The molecule has 5 rings (SSSR count). The molecule has 20 heavy (non-hydrogen) atoms. The third-order valence-corrected chi connectivity index (χ3v) is 5.87. The molecule has 0 amide bonds. The fourth-order valence-electron chi connectivity index (χ4n) is 5.56. The second kappa shape index (κ2) is 4.55. The topological polar surface area (TPSA) is 42.7 Å². The molecule has 0 atom stereocenters. The first-order chi connectivity index (χ1) is 9.68. The lowest BCUT2D eigenvalue weighted by Crippen LogP contribution is -2.52. The van der Waals surface area contributed by atoms with Crippen molar-refractivity contribution in [1.82, 2.24) is 20.1 Å². The summed E-state index contributed by atoms with van der Waals surface area (Å²) in [4.78, 5) is 4.72. The third-order valence-electron chi connectivity index (χ3n) is 5.87. The van der Waals surface area contributed by atoms with Crippen LogP contribution in [0.15, 0.2) is 0 Å². The summed E-state index contributed by atoms with van der Waals surface area (Å²) in [5.41, 5.74) is 0.323. The van der Waals surface area contributed by atoms with Crippen molar-refractivity contribution in [2.75, 3.05) is 13.6 Å². The minimum atomic E-state index is 0.323.